The minimum absolute atomic E-state index is 0.000100. The van der Waals surface area contributed by atoms with Crippen molar-refractivity contribution in [2.24, 2.45) is 0 Å². The maximum absolute atomic E-state index is 15.4. The third-order valence-electron chi connectivity index (χ3n) is 8.42. The number of halogens is 6. The number of pyridine rings is 1. The van der Waals surface area contributed by atoms with Gasteiger partial charge in [-0.3, -0.25) is 14.3 Å². The average molecular weight is 676 g/mol. The number of alkyl halides is 3. The standard InChI is InChI=1S/C32H27ClF5N5O2S/c1-4-26(44)43-16(2)12-41(13-17(43)3)30-21-8-22(32(36,37)38)27(20-9-23(33)25(35)10-24(20)34)29-28(21)42(31(45)40-30)14-19(15-46-29)18-6-5-7-39-11-18/h4-11,16-17,19H,1,12-15H2,2-3H3/t16-,17+,19-/m1/s1. The Bertz CT molecular complexity index is 1930. The lowest BCUT2D eigenvalue weighted by Gasteiger charge is -2.44. The smallest absolute Gasteiger partial charge is 0.352 e. The second kappa shape index (κ2) is 12.0. The summed E-state index contributed by atoms with van der Waals surface area (Å²) in [6, 6.07) is 4.94. The fraction of sp³-hybridized carbons (Fsp3) is 0.312. The molecule has 4 aromatic rings. The molecule has 0 unspecified atom stereocenters. The van der Waals surface area contributed by atoms with Gasteiger partial charge in [0, 0.05) is 83.3 Å². The van der Waals surface area contributed by atoms with Gasteiger partial charge in [-0.2, -0.15) is 18.2 Å². The maximum atomic E-state index is 15.4. The number of amides is 1. The summed E-state index contributed by atoms with van der Waals surface area (Å²) in [5.74, 6) is -2.76. The fourth-order valence-electron chi connectivity index (χ4n) is 6.46. The van der Waals surface area contributed by atoms with Crippen molar-refractivity contribution < 1.29 is 26.7 Å². The SMILES string of the molecule is C=CC(=O)N1[C@H](C)CN(c2nc(=O)n3c4c(c(-c5cc(Cl)c(F)cc5F)c(C(F)(F)F)cc24)SC[C@H](c2cccnc2)C3)C[C@@H]1C. The van der Waals surface area contributed by atoms with Crippen molar-refractivity contribution in [1.82, 2.24) is 19.4 Å². The summed E-state index contributed by atoms with van der Waals surface area (Å²) in [5.41, 5.74) is -2.05. The Labute approximate surface area is 269 Å². The van der Waals surface area contributed by atoms with Gasteiger partial charge in [0.2, 0.25) is 5.91 Å². The number of rotatable bonds is 4. The van der Waals surface area contributed by atoms with Crippen LogP contribution in [0, 0.1) is 11.6 Å². The molecule has 1 amide bonds. The molecule has 4 heterocycles. The van der Waals surface area contributed by atoms with Crippen LogP contribution in [0.4, 0.5) is 27.8 Å². The number of nitrogens with zero attached hydrogens (tertiary/aromatic N) is 5. The lowest BCUT2D eigenvalue weighted by Crippen LogP contribution is -2.58. The topological polar surface area (TPSA) is 71.3 Å². The summed E-state index contributed by atoms with van der Waals surface area (Å²) >= 11 is 7.02. The third kappa shape index (κ3) is 5.53. The largest absolute Gasteiger partial charge is 0.417 e. The number of piperazine rings is 1. The highest BCUT2D eigenvalue weighted by atomic mass is 35.5. The minimum Gasteiger partial charge on any atom is -0.352 e. The summed E-state index contributed by atoms with van der Waals surface area (Å²) in [7, 11) is 0. The van der Waals surface area contributed by atoms with Gasteiger partial charge in [-0.05, 0) is 43.7 Å². The van der Waals surface area contributed by atoms with Crippen LogP contribution in [-0.2, 0) is 17.5 Å². The minimum atomic E-state index is -4.99. The number of hydrogen-bond donors (Lipinski definition) is 0. The first-order valence-corrected chi connectivity index (χ1v) is 15.7. The van der Waals surface area contributed by atoms with Gasteiger partial charge in [0.25, 0.3) is 0 Å². The molecule has 7 nitrogen and oxygen atoms in total. The van der Waals surface area contributed by atoms with Gasteiger partial charge in [0.05, 0.1) is 16.1 Å². The van der Waals surface area contributed by atoms with Gasteiger partial charge in [-0.25, -0.2) is 13.6 Å². The van der Waals surface area contributed by atoms with Gasteiger partial charge in [0.15, 0.2) is 0 Å². The zero-order valence-electron chi connectivity index (χ0n) is 24.6. The molecule has 0 aliphatic carbocycles. The summed E-state index contributed by atoms with van der Waals surface area (Å²) < 4.78 is 76.0. The molecule has 2 aromatic carbocycles. The number of aromatic nitrogens is 3. The lowest BCUT2D eigenvalue weighted by atomic mass is 9.95. The van der Waals surface area contributed by atoms with E-state index < -0.39 is 45.2 Å². The van der Waals surface area contributed by atoms with Crippen LogP contribution >= 0.6 is 23.4 Å². The van der Waals surface area contributed by atoms with Crippen molar-refractivity contribution in [3.05, 3.63) is 93.6 Å². The predicted molar refractivity (Wildman–Crippen MR) is 167 cm³/mol. The Morgan fingerprint density at radius 3 is 2.46 bits per heavy atom. The monoisotopic (exact) mass is 675 g/mol. The van der Waals surface area contributed by atoms with E-state index in [1.165, 1.54) is 10.6 Å². The summed E-state index contributed by atoms with van der Waals surface area (Å²) in [6.45, 7) is 7.58. The quantitative estimate of drug-likeness (QED) is 0.133. The molecule has 2 aliphatic heterocycles. The van der Waals surface area contributed by atoms with Crippen molar-refractivity contribution in [2.75, 3.05) is 23.7 Å². The molecule has 46 heavy (non-hydrogen) atoms. The molecule has 0 saturated carbocycles. The Hall–Kier alpha value is -3.97. The van der Waals surface area contributed by atoms with Crippen molar-refractivity contribution in [3.63, 3.8) is 0 Å². The van der Waals surface area contributed by atoms with E-state index in [0.717, 1.165) is 29.5 Å². The van der Waals surface area contributed by atoms with Crippen LogP contribution in [0.15, 0.2) is 65.1 Å². The Kier molecular flexibility index (Phi) is 8.34. The molecule has 0 spiro atoms. The van der Waals surface area contributed by atoms with E-state index in [4.69, 9.17) is 11.6 Å². The molecular formula is C32H27ClF5N5O2S. The molecular weight excluding hydrogens is 649 g/mol. The van der Waals surface area contributed by atoms with Gasteiger partial charge in [-0.1, -0.05) is 24.2 Å². The van der Waals surface area contributed by atoms with Crippen molar-refractivity contribution in [1.29, 1.82) is 0 Å². The molecule has 6 rings (SSSR count). The molecule has 14 heteroatoms. The normalized spacial score (nSPS) is 20.1. The van der Waals surface area contributed by atoms with Crippen molar-refractivity contribution in [3.8, 4) is 11.1 Å². The second-order valence-corrected chi connectivity index (χ2v) is 12.9. The second-order valence-electron chi connectivity index (χ2n) is 11.4. The molecule has 0 bridgehead atoms. The first-order valence-electron chi connectivity index (χ1n) is 14.4. The van der Waals surface area contributed by atoms with Crippen molar-refractivity contribution in [2.45, 2.75) is 49.5 Å². The zero-order chi connectivity index (χ0) is 33.1. The van der Waals surface area contributed by atoms with Crippen molar-refractivity contribution >= 4 is 46.0 Å². The van der Waals surface area contributed by atoms with Gasteiger partial charge in [-0.15, -0.1) is 11.8 Å². The lowest BCUT2D eigenvalue weighted by molar-refractivity contribution is -0.137. The maximum Gasteiger partial charge on any atom is 0.417 e. The molecule has 0 N–H and O–H groups in total. The highest BCUT2D eigenvalue weighted by Gasteiger charge is 2.40. The van der Waals surface area contributed by atoms with Gasteiger partial charge >= 0.3 is 11.9 Å². The van der Waals surface area contributed by atoms with Crippen LogP contribution in [0.25, 0.3) is 22.0 Å². The number of hydrogen-bond acceptors (Lipinski definition) is 6. The Morgan fingerprint density at radius 2 is 1.83 bits per heavy atom. The molecule has 2 aromatic heterocycles. The molecule has 240 valence electrons. The number of thioether (sulfide) groups is 1. The molecule has 0 radical (unpaired) electrons. The first-order chi connectivity index (χ1) is 21.8. The molecule has 2 aliphatic rings. The van der Waals surface area contributed by atoms with E-state index >= 15 is 17.6 Å². The van der Waals surface area contributed by atoms with E-state index in [0.29, 0.717) is 6.07 Å². The highest BCUT2D eigenvalue weighted by Crippen LogP contribution is 2.50. The van der Waals surface area contributed by atoms with Crippen LogP contribution in [0.2, 0.25) is 5.02 Å². The first kappa shape index (κ1) is 32.0. The van der Waals surface area contributed by atoms with Crippen LogP contribution in [0.3, 0.4) is 0 Å². The Balaban J connectivity index is 1.66. The zero-order valence-corrected chi connectivity index (χ0v) is 26.2. The van der Waals surface area contributed by atoms with E-state index in [1.807, 2.05) is 6.07 Å². The van der Waals surface area contributed by atoms with E-state index in [9.17, 15) is 14.0 Å². The van der Waals surface area contributed by atoms with E-state index in [-0.39, 0.29) is 70.9 Å². The Morgan fingerprint density at radius 1 is 1.11 bits per heavy atom. The predicted octanol–water partition coefficient (Wildman–Crippen LogP) is 6.91. The number of carbonyl (C=O) groups is 1. The van der Waals surface area contributed by atoms with Gasteiger partial charge < -0.3 is 9.80 Å². The number of anilines is 1. The molecule has 3 atom stereocenters. The summed E-state index contributed by atoms with van der Waals surface area (Å²) in [5, 5.41) is -0.507. The summed E-state index contributed by atoms with van der Waals surface area (Å²) in [4.78, 5) is 38.3. The van der Waals surface area contributed by atoms with E-state index in [1.54, 1.807) is 42.1 Å². The number of benzene rings is 2. The average Bonchev–Trinajstić information content (AvgIpc) is 3.21. The molecule has 1 saturated heterocycles. The van der Waals surface area contributed by atoms with Crippen LogP contribution < -0.4 is 10.6 Å². The van der Waals surface area contributed by atoms with Crippen LogP contribution in [0.1, 0.15) is 30.9 Å². The van der Waals surface area contributed by atoms with Crippen LogP contribution in [-0.4, -0.2) is 56.3 Å². The third-order valence-corrected chi connectivity index (χ3v) is 9.96. The molecule has 1 fully saturated rings. The summed E-state index contributed by atoms with van der Waals surface area (Å²) in [6.07, 6.45) is -0.578. The fourth-order valence-corrected chi connectivity index (χ4v) is 8.01. The van der Waals surface area contributed by atoms with E-state index in [2.05, 4.69) is 16.5 Å². The highest BCUT2D eigenvalue weighted by molar-refractivity contribution is 7.99. The number of carbonyl (C=O) groups excluding carboxylic acids is 1. The van der Waals surface area contributed by atoms with Gasteiger partial charge in [0.1, 0.15) is 17.5 Å². The van der Waals surface area contributed by atoms with Crippen LogP contribution in [0.5, 0.6) is 0 Å².